The lowest BCUT2D eigenvalue weighted by Gasteiger charge is -2.40. The third-order valence-electron chi connectivity index (χ3n) is 3.13. The maximum atomic E-state index is 11.3. The summed E-state index contributed by atoms with van der Waals surface area (Å²) in [5, 5.41) is 2.87. The van der Waals surface area contributed by atoms with Gasteiger partial charge in [-0.1, -0.05) is 12.3 Å². The van der Waals surface area contributed by atoms with Gasteiger partial charge in [0.15, 0.2) is 0 Å². The highest BCUT2D eigenvalue weighted by Gasteiger charge is 2.27. The lowest BCUT2D eigenvalue weighted by atomic mass is 9.98. The number of carbonyl (C=O) groups is 1. The second-order valence-corrected chi connectivity index (χ2v) is 4.92. The van der Waals surface area contributed by atoms with Crippen molar-refractivity contribution in [2.75, 3.05) is 19.6 Å². The zero-order valence-corrected chi connectivity index (χ0v) is 10.6. The first kappa shape index (κ1) is 13.1. The summed E-state index contributed by atoms with van der Waals surface area (Å²) in [5.41, 5.74) is 0.0332. The van der Waals surface area contributed by atoms with Gasteiger partial charge in [-0.3, -0.25) is 9.69 Å². The van der Waals surface area contributed by atoms with E-state index >= 15 is 0 Å². The summed E-state index contributed by atoms with van der Waals surface area (Å²) >= 11 is 0. The molecule has 0 unspecified atom stereocenters. The summed E-state index contributed by atoms with van der Waals surface area (Å²) in [5.74, 6) is 4.94. The Hall–Kier alpha value is -1.01. The van der Waals surface area contributed by atoms with Crippen LogP contribution in [0, 0.1) is 11.8 Å². The van der Waals surface area contributed by atoms with E-state index in [-0.39, 0.29) is 11.4 Å². The largest absolute Gasteiger partial charge is 0.343 e. The number of amides is 1. The minimum Gasteiger partial charge on any atom is -0.343 e. The van der Waals surface area contributed by atoms with E-state index in [1.165, 1.54) is 19.3 Å². The average molecular weight is 222 g/mol. The maximum Gasteiger partial charge on any atom is 0.295 e. The Bertz CT molecular complexity index is 293. The number of hydrogen-bond donors (Lipinski definition) is 1. The van der Waals surface area contributed by atoms with E-state index in [0.717, 1.165) is 13.1 Å². The average Bonchev–Trinajstić information content (AvgIpc) is 2.28. The molecule has 1 heterocycles. The topological polar surface area (TPSA) is 32.3 Å². The van der Waals surface area contributed by atoms with Gasteiger partial charge in [-0.05, 0) is 52.6 Å². The van der Waals surface area contributed by atoms with Gasteiger partial charge >= 0.3 is 0 Å². The molecule has 0 saturated carbocycles. The van der Waals surface area contributed by atoms with Crippen molar-refractivity contribution in [3.05, 3.63) is 0 Å². The lowest BCUT2D eigenvalue weighted by Crippen LogP contribution is -2.53. The molecule has 0 atom stereocenters. The van der Waals surface area contributed by atoms with Crippen LogP contribution in [0.3, 0.4) is 0 Å². The predicted octanol–water partition coefficient (Wildman–Crippen LogP) is 1.39. The minimum atomic E-state index is -0.174. The summed E-state index contributed by atoms with van der Waals surface area (Å²) in [6.45, 7) is 8.98. The number of nitrogens with zero attached hydrogens (tertiary/aromatic N) is 1. The fourth-order valence-corrected chi connectivity index (χ4v) is 2.07. The molecule has 0 radical (unpaired) electrons. The Balaban J connectivity index is 2.42. The molecule has 90 valence electrons. The van der Waals surface area contributed by atoms with E-state index in [1.54, 1.807) is 6.92 Å². The third kappa shape index (κ3) is 3.86. The van der Waals surface area contributed by atoms with Crippen molar-refractivity contribution < 1.29 is 4.79 Å². The highest BCUT2D eigenvalue weighted by Crippen LogP contribution is 2.19. The molecule has 1 aliphatic rings. The van der Waals surface area contributed by atoms with Gasteiger partial charge in [-0.2, -0.15) is 0 Å². The van der Waals surface area contributed by atoms with Crippen LogP contribution in [0.15, 0.2) is 0 Å². The van der Waals surface area contributed by atoms with Crippen molar-refractivity contribution >= 4 is 5.91 Å². The zero-order chi connectivity index (χ0) is 12.0. The van der Waals surface area contributed by atoms with Crippen LogP contribution in [0.2, 0.25) is 0 Å². The fraction of sp³-hybridized carbons (Fsp3) is 0.769. The molecular weight excluding hydrogens is 200 g/mol. The fourth-order valence-electron chi connectivity index (χ4n) is 2.07. The van der Waals surface area contributed by atoms with Crippen LogP contribution < -0.4 is 5.32 Å². The molecule has 0 aromatic rings. The van der Waals surface area contributed by atoms with Crippen LogP contribution in [0.4, 0.5) is 0 Å². The Morgan fingerprint density at radius 1 is 1.31 bits per heavy atom. The third-order valence-corrected chi connectivity index (χ3v) is 3.13. The van der Waals surface area contributed by atoms with E-state index in [2.05, 4.69) is 35.9 Å². The van der Waals surface area contributed by atoms with Gasteiger partial charge in [-0.15, -0.1) is 0 Å². The van der Waals surface area contributed by atoms with Crippen molar-refractivity contribution in [1.29, 1.82) is 0 Å². The molecule has 0 aliphatic carbocycles. The maximum absolute atomic E-state index is 11.3. The van der Waals surface area contributed by atoms with Crippen LogP contribution >= 0.6 is 0 Å². The number of rotatable bonds is 3. The molecule has 0 aromatic carbocycles. The monoisotopic (exact) mass is 222 g/mol. The Kier molecular flexibility index (Phi) is 4.82. The predicted molar refractivity (Wildman–Crippen MR) is 66.0 cm³/mol. The molecule has 0 spiro atoms. The molecule has 1 saturated heterocycles. The van der Waals surface area contributed by atoms with E-state index in [9.17, 15) is 4.79 Å². The van der Waals surface area contributed by atoms with Crippen molar-refractivity contribution in [1.82, 2.24) is 10.2 Å². The highest BCUT2D eigenvalue weighted by molar-refractivity contribution is 5.93. The lowest BCUT2D eigenvalue weighted by molar-refractivity contribution is -0.116. The van der Waals surface area contributed by atoms with Crippen molar-refractivity contribution in [3.63, 3.8) is 0 Å². The second kappa shape index (κ2) is 5.91. The Morgan fingerprint density at radius 2 is 1.94 bits per heavy atom. The second-order valence-electron chi connectivity index (χ2n) is 4.92. The normalized spacial score (nSPS) is 17.4. The van der Waals surface area contributed by atoms with Crippen LogP contribution in [-0.4, -0.2) is 36.0 Å². The van der Waals surface area contributed by atoms with Crippen LogP contribution in [0.5, 0.6) is 0 Å². The first-order chi connectivity index (χ1) is 7.56. The van der Waals surface area contributed by atoms with Crippen LogP contribution in [0.1, 0.15) is 40.0 Å². The molecule has 1 rings (SSSR count). The van der Waals surface area contributed by atoms with E-state index in [1.807, 2.05) is 0 Å². The van der Waals surface area contributed by atoms with Gasteiger partial charge < -0.3 is 5.32 Å². The number of hydrogen-bond acceptors (Lipinski definition) is 2. The Labute approximate surface area is 98.6 Å². The van der Waals surface area contributed by atoms with Gasteiger partial charge in [0, 0.05) is 12.1 Å². The molecule has 1 fully saturated rings. The first-order valence-electron chi connectivity index (χ1n) is 6.02. The number of likely N-dealkylation sites (tertiary alicyclic amines) is 1. The molecule has 0 bridgehead atoms. The van der Waals surface area contributed by atoms with Crippen LogP contribution in [0.25, 0.3) is 0 Å². The molecule has 16 heavy (non-hydrogen) atoms. The standard InChI is InChI=1S/C13H22N2O/c1-4-8-12(16)14-11-13(2,3)15-9-6-5-7-10-15/h5-7,9-11H2,1-3H3,(H,14,16). The first-order valence-corrected chi connectivity index (χ1v) is 6.02. The van der Waals surface area contributed by atoms with Crippen molar-refractivity contribution in [3.8, 4) is 11.8 Å². The molecular formula is C13H22N2O. The molecule has 3 heteroatoms. The Morgan fingerprint density at radius 3 is 2.50 bits per heavy atom. The molecule has 1 aliphatic heterocycles. The summed E-state index contributed by atoms with van der Waals surface area (Å²) in [7, 11) is 0. The van der Waals surface area contributed by atoms with Gasteiger partial charge in [0.2, 0.25) is 0 Å². The molecule has 0 aromatic heterocycles. The number of carbonyl (C=O) groups excluding carboxylic acids is 1. The van der Waals surface area contributed by atoms with Gasteiger partial charge in [-0.25, -0.2) is 0 Å². The van der Waals surface area contributed by atoms with Crippen molar-refractivity contribution in [2.24, 2.45) is 0 Å². The van der Waals surface area contributed by atoms with Crippen molar-refractivity contribution in [2.45, 2.75) is 45.6 Å². The van der Waals surface area contributed by atoms with Gasteiger partial charge in [0.1, 0.15) is 0 Å². The van der Waals surface area contributed by atoms with Gasteiger partial charge in [0.25, 0.3) is 5.91 Å². The van der Waals surface area contributed by atoms with Gasteiger partial charge in [0.05, 0.1) is 0 Å². The summed E-state index contributed by atoms with van der Waals surface area (Å²) in [6.07, 6.45) is 3.87. The minimum absolute atomic E-state index is 0.0332. The van der Waals surface area contributed by atoms with E-state index in [0.29, 0.717) is 6.54 Å². The SMILES string of the molecule is CC#CC(=O)NCC(C)(C)N1CCCCC1. The number of piperidine rings is 1. The quantitative estimate of drug-likeness (QED) is 0.732. The zero-order valence-electron chi connectivity index (χ0n) is 10.6. The molecule has 1 N–H and O–H groups in total. The molecule has 1 amide bonds. The number of nitrogens with one attached hydrogen (secondary N) is 1. The summed E-state index contributed by atoms with van der Waals surface area (Å²) in [4.78, 5) is 13.7. The molecule has 3 nitrogen and oxygen atoms in total. The smallest absolute Gasteiger partial charge is 0.295 e. The van der Waals surface area contributed by atoms with Crippen LogP contribution in [-0.2, 0) is 4.79 Å². The van der Waals surface area contributed by atoms with E-state index in [4.69, 9.17) is 0 Å². The summed E-state index contributed by atoms with van der Waals surface area (Å²) in [6, 6.07) is 0. The van der Waals surface area contributed by atoms with E-state index < -0.39 is 0 Å². The summed E-state index contributed by atoms with van der Waals surface area (Å²) < 4.78 is 0. The highest BCUT2D eigenvalue weighted by atomic mass is 16.1.